The Morgan fingerprint density at radius 2 is 0.900 bits per heavy atom. The van der Waals surface area contributed by atoms with Crippen LogP contribution in [0.5, 0.6) is 0 Å². The van der Waals surface area contributed by atoms with Crippen LogP contribution in [0.1, 0.15) is 42.9 Å². The summed E-state index contributed by atoms with van der Waals surface area (Å²) in [7, 11) is 0. The number of aromatic nitrogens is 3. The topological polar surface area (TPSA) is 38.7 Å². The van der Waals surface area contributed by atoms with E-state index in [0.717, 1.165) is 23.1 Å². The summed E-state index contributed by atoms with van der Waals surface area (Å²) in [6.45, 7) is 8.63. The van der Waals surface area contributed by atoms with Gasteiger partial charge in [0.1, 0.15) is 0 Å². The molecule has 0 aliphatic carbocycles. The van der Waals surface area contributed by atoms with E-state index in [9.17, 15) is 0 Å². The molecule has 1 heterocycles. The molecule has 0 aliphatic heterocycles. The summed E-state index contributed by atoms with van der Waals surface area (Å²) in [4.78, 5) is 14.4. The van der Waals surface area contributed by atoms with E-state index >= 15 is 0 Å². The van der Waals surface area contributed by atoms with Crippen LogP contribution in [0.2, 0.25) is 0 Å². The molecular formula is C27H27N3. The Bertz CT molecular complexity index is 1060. The Kier molecular flexibility index (Phi) is 5.71. The van der Waals surface area contributed by atoms with Crippen LogP contribution in [0.3, 0.4) is 0 Å². The Balaban J connectivity index is 1.82. The first kappa shape index (κ1) is 20.0. The fraction of sp³-hybridized carbons (Fsp3) is 0.222. The van der Waals surface area contributed by atoms with Crippen molar-refractivity contribution in [2.45, 2.75) is 40.0 Å². The van der Waals surface area contributed by atoms with Gasteiger partial charge >= 0.3 is 0 Å². The molecule has 1 unspecified atom stereocenters. The normalized spacial score (nSPS) is 12.0. The van der Waals surface area contributed by atoms with Crippen molar-refractivity contribution >= 4 is 0 Å². The maximum Gasteiger partial charge on any atom is 0.164 e. The van der Waals surface area contributed by atoms with Gasteiger partial charge in [0, 0.05) is 16.7 Å². The number of rotatable bonds is 5. The Morgan fingerprint density at radius 1 is 0.567 bits per heavy atom. The second-order valence-electron chi connectivity index (χ2n) is 7.97. The van der Waals surface area contributed by atoms with Crippen molar-refractivity contribution in [1.82, 2.24) is 15.0 Å². The maximum atomic E-state index is 4.82. The average Bonchev–Trinajstić information content (AvgIpc) is 2.79. The van der Waals surface area contributed by atoms with Gasteiger partial charge in [0.05, 0.1) is 0 Å². The molecule has 4 rings (SSSR count). The Hall–Kier alpha value is -3.33. The van der Waals surface area contributed by atoms with Gasteiger partial charge in [-0.3, -0.25) is 0 Å². The van der Waals surface area contributed by atoms with Gasteiger partial charge in [-0.05, 0) is 31.7 Å². The van der Waals surface area contributed by atoms with Gasteiger partial charge in [0.2, 0.25) is 0 Å². The first-order valence-electron chi connectivity index (χ1n) is 10.5. The Labute approximate surface area is 178 Å². The number of nitrogens with zero attached hydrogens (tertiary/aromatic N) is 3. The molecule has 0 saturated heterocycles. The SMILES string of the molecule is CCC(C)c1ccc(-c2nc(-c3ccc(C)cc3)nc(-c3ccc(C)cc3)n2)cc1. The molecule has 3 aromatic carbocycles. The van der Waals surface area contributed by atoms with Gasteiger partial charge in [0.15, 0.2) is 17.5 Å². The molecule has 4 aromatic rings. The highest BCUT2D eigenvalue weighted by Gasteiger charge is 2.13. The van der Waals surface area contributed by atoms with E-state index in [2.05, 4.69) is 100 Å². The largest absolute Gasteiger partial charge is 0.208 e. The zero-order valence-electron chi connectivity index (χ0n) is 18.1. The van der Waals surface area contributed by atoms with Crippen LogP contribution < -0.4 is 0 Å². The van der Waals surface area contributed by atoms with E-state index in [0.29, 0.717) is 23.4 Å². The third-order valence-electron chi connectivity index (χ3n) is 5.61. The van der Waals surface area contributed by atoms with E-state index in [1.54, 1.807) is 0 Å². The second-order valence-corrected chi connectivity index (χ2v) is 7.97. The molecule has 0 amide bonds. The standard InChI is InChI=1S/C27H27N3/c1-5-20(4)21-14-16-24(17-15-21)27-29-25(22-10-6-18(2)7-11-22)28-26(30-27)23-12-8-19(3)9-13-23/h6-17,20H,5H2,1-4H3. The summed E-state index contributed by atoms with van der Waals surface area (Å²) in [6.07, 6.45) is 1.13. The maximum absolute atomic E-state index is 4.82. The van der Waals surface area contributed by atoms with Crippen LogP contribution in [0.25, 0.3) is 34.2 Å². The minimum Gasteiger partial charge on any atom is -0.208 e. The summed E-state index contributed by atoms with van der Waals surface area (Å²) in [5.74, 6) is 2.64. The van der Waals surface area contributed by atoms with Crippen molar-refractivity contribution < 1.29 is 0 Å². The van der Waals surface area contributed by atoms with Crippen LogP contribution in [-0.2, 0) is 0 Å². The minimum atomic E-state index is 0.545. The van der Waals surface area contributed by atoms with Crippen molar-refractivity contribution in [2.24, 2.45) is 0 Å². The Morgan fingerprint density at radius 3 is 1.23 bits per heavy atom. The fourth-order valence-electron chi connectivity index (χ4n) is 3.36. The lowest BCUT2D eigenvalue weighted by molar-refractivity contribution is 0.734. The van der Waals surface area contributed by atoms with E-state index < -0.39 is 0 Å². The minimum absolute atomic E-state index is 0.545. The van der Waals surface area contributed by atoms with Crippen molar-refractivity contribution in [3.05, 3.63) is 89.5 Å². The summed E-state index contributed by atoms with van der Waals surface area (Å²) in [5.41, 5.74) is 6.77. The highest BCUT2D eigenvalue weighted by atomic mass is 15.0. The molecule has 150 valence electrons. The molecule has 0 bridgehead atoms. The first-order valence-corrected chi connectivity index (χ1v) is 10.5. The van der Waals surface area contributed by atoms with Gasteiger partial charge in [-0.15, -0.1) is 0 Å². The highest BCUT2D eigenvalue weighted by Crippen LogP contribution is 2.27. The monoisotopic (exact) mass is 393 g/mol. The number of hydrogen-bond donors (Lipinski definition) is 0. The van der Waals surface area contributed by atoms with Gasteiger partial charge < -0.3 is 0 Å². The third-order valence-corrected chi connectivity index (χ3v) is 5.61. The molecule has 1 atom stereocenters. The predicted molar refractivity (Wildman–Crippen MR) is 124 cm³/mol. The van der Waals surface area contributed by atoms with E-state index in [-0.39, 0.29) is 0 Å². The molecule has 1 aromatic heterocycles. The highest BCUT2D eigenvalue weighted by molar-refractivity contribution is 5.66. The molecule has 0 N–H and O–H groups in total. The fourth-order valence-corrected chi connectivity index (χ4v) is 3.36. The van der Waals surface area contributed by atoms with Gasteiger partial charge in [0.25, 0.3) is 0 Å². The lowest BCUT2D eigenvalue weighted by Gasteiger charge is -2.11. The van der Waals surface area contributed by atoms with Crippen LogP contribution in [-0.4, -0.2) is 15.0 Å². The second kappa shape index (κ2) is 8.58. The summed E-state index contributed by atoms with van der Waals surface area (Å²) >= 11 is 0. The molecule has 0 fully saturated rings. The third kappa shape index (κ3) is 4.30. The van der Waals surface area contributed by atoms with E-state index in [1.165, 1.54) is 16.7 Å². The molecule has 0 aliphatic rings. The van der Waals surface area contributed by atoms with Crippen LogP contribution in [0.4, 0.5) is 0 Å². The molecular weight excluding hydrogens is 366 g/mol. The van der Waals surface area contributed by atoms with Crippen LogP contribution in [0.15, 0.2) is 72.8 Å². The lowest BCUT2D eigenvalue weighted by Crippen LogP contribution is -2.00. The number of benzene rings is 3. The smallest absolute Gasteiger partial charge is 0.164 e. The van der Waals surface area contributed by atoms with Crippen molar-refractivity contribution in [1.29, 1.82) is 0 Å². The van der Waals surface area contributed by atoms with Crippen molar-refractivity contribution in [2.75, 3.05) is 0 Å². The zero-order valence-corrected chi connectivity index (χ0v) is 18.1. The molecule has 30 heavy (non-hydrogen) atoms. The molecule has 0 spiro atoms. The van der Waals surface area contributed by atoms with E-state index in [1.807, 2.05) is 0 Å². The van der Waals surface area contributed by atoms with Gasteiger partial charge in [-0.2, -0.15) is 0 Å². The zero-order chi connectivity index (χ0) is 21.1. The van der Waals surface area contributed by atoms with Crippen LogP contribution in [0, 0.1) is 13.8 Å². The predicted octanol–water partition coefficient (Wildman–Crippen LogP) is 7.00. The number of aryl methyl sites for hydroxylation is 2. The van der Waals surface area contributed by atoms with Crippen LogP contribution >= 0.6 is 0 Å². The quantitative estimate of drug-likeness (QED) is 0.366. The summed E-state index contributed by atoms with van der Waals surface area (Å²) < 4.78 is 0. The molecule has 0 saturated carbocycles. The number of hydrogen-bond acceptors (Lipinski definition) is 3. The summed E-state index contributed by atoms with van der Waals surface area (Å²) in [6, 6.07) is 25.2. The van der Waals surface area contributed by atoms with Crippen molar-refractivity contribution in [3.63, 3.8) is 0 Å². The molecule has 0 radical (unpaired) electrons. The first-order chi connectivity index (χ1) is 14.5. The summed E-state index contributed by atoms with van der Waals surface area (Å²) in [5, 5.41) is 0. The van der Waals surface area contributed by atoms with E-state index in [4.69, 9.17) is 15.0 Å². The molecule has 3 heteroatoms. The van der Waals surface area contributed by atoms with Crippen molar-refractivity contribution in [3.8, 4) is 34.2 Å². The molecule has 3 nitrogen and oxygen atoms in total. The lowest BCUT2D eigenvalue weighted by atomic mass is 9.97. The van der Waals surface area contributed by atoms with Gasteiger partial charge in [-0.25, -0.2) is 15.0 Å². The average molecular weight is 394 g/mol. The van der Waals surface area contributed by atoms with Gasteiger partial charge in [-0.1, -0.05) is 97.8 Å².